The molecule has 0 radical (unpaired) electrons. The maximum Gasteiger partial charge on any atom is 0.0698 e. The Bertz CT molecular complexity index is 230. The van der Waals surface area contributed by atoms with Crippen molar-refractivity contribution in [3.63, 3.8) is 0 Å². The Hall–Kier alpha value is -0.160. The molecule has 4 heteroatoms. The average Bonchev–Trinajstić information content (AvgIpc) is 2.82. The molecule has 0 aromatic heterocycles. The highest BCUT2D eigenvalue weighted by molar-refractivity contribution is 4.84. The van der Waals surface area contributed by atoms with Crippen molar-refractivity contribution in [3.05, 3.63) is 0 Å². The lowest BCUT2D eigenvalue weighted by atomic mass is 10.1. The van der Waals surface area contributed by atoms with Crippen molar-refractivity contribution in [3.8, 4) is 0 Å². The zero-order valence-corrected chi connectivity index (χ0v) is 11.7. The predicted molar refractivity (Wildman–Crippen MR) is 72.7 cm³/mol. The lowest BCUT2D eigenvalue weighted by Gasteiger charge is -2.38. The number of aliphatic hydroxyl groups is 1. The highest BCUT2D eigenvalue weighted by Gasteiger charge is 2.28. The van der Waals surface area contributed by atoms with Gasteiger partial charge in [0, 0.05) is 38.8 Å². The molecule has 0 unspecified atom stereocenters. The molecule has 1 saturated carbocycles. The van der Waals surface area contributed by atoms with Crippen LogP contribution in [0.4, 0.5) is 0 Å². The summed E-state index contributed by atoms with van der Waals surface area (Å²) < 4.78 is 5.32. The maximum absolute atomic E-state index is 8.64. The molecule has 1 saturated heterocycles. The number of hydrogen-bond donors (Lipinski definition) is 1. The Labute approximate surface area is 111 Å². The molecule has 1 aliphatic heterocycles. The van der Waals surface area contributed by atoms with E-state index in [0.717, 1.165) is 25.1 Å². The van der Waals surface area contributed by atoms with Crippen LogP contribution < -0.4 is 0 Å². The van der Waals surface area contributed by atoms with E-state index in [9.17, 15) is 0 Å². The van der Waals surface area contributed by atoms with E-state index < -0.39 is 0 Å². The zero-order valence-electron chi connectivity index (χ0n) is 11.7. The lowest BCUT2D eigenvalue weighted by molar-refractivity contribution is 0.0488. The van der Waals surface area contributed by atoms with Crippen molar-refractivity contribution in [2.75, 3.05) is 52.5 Å². The minimum Gasteiger partial charge on any atom is -0.394 e. The third-order valence-corrected chi connectivity index (χ3v) is 4.38. The minimum absolute atomic E-state index is 0.133. The molecule has 1 N–H and O–H groups in total. The molecule has 2 aliphatic rings. The van der Waals surface area contributed by atoms with Gasteiger partial charge in [-0.1, -0.05) is 6.92 Å². The topological polar surface area (TPSA) is 35.9 Å². The molecular weight excluding hydrogens is 228 g/mol. The third-order valence-electron chi connectivity index (χ3n) is 4.38. The summed E-state index contributed by atoms with van der Waals surface area (Å²) in [4.78, 5) is 5.17. The van der Waals surface area contributed by atoms with E-state index in [1.165, 1.54) is 45.4 Å². The van der Waals surface area contributed by atoms with E-state index in [2.05, 4.69) is 16.7 Å². The summed E-state index contributed by atoms with van der Waals surface area (Å²) >= 11 is 0. The van der Waals surface area contributed by atoms with E-state index in [-0.39, 0.29) is 6.61 Å². The summed E-state index contributed by atoms with van der Waals surface area (Å²) in [5.74, 6) is 0.930. The number of piperazine rings is 1. The highest BCUT2D eigenvalue weighted by atomic mass is 16.5. The first-order valence-corrected chi connectivity index (χ1v) is 7.44. The monoisotopic (exact) mass is 256 g/mol. The van der Waals surface area contributed by atoms with Gasteiger partial charge in [0.15, 0.2) is 0 Å². The highest BCUT2D eigenvalue weighted by Crippen LogP contribution is 2.29. The van der Waals surface area contributed by atoms with E-state index in [4.69, 9.17) is 9.84 Å². The van der Waals surface area contributed by atoms with E-state index >= 15 is 0 Å². The second kappa shape index (κ2) is 7.43. The molecule has 2 atom stereocenters. The number of hydrogen-bond acceptors (Lipinski definition) is 4. The van der Waals surface area contributed by atoms with Crippen LogP contribution in [0.5, 0.6) is 0 Å². The van der Waals surface area contributed by atoms with Crippen LogP contribution in [0.2, 0.25) is 0 Å². The Kier molecular flexibility index (Phi) is 5.89. The second-order valence-electron chi connectivity index (χ2n) is 5.79. The minimum atomic E-state index is 0.133. The van der Waals surface area contributed by atoms with E-state index in [1.54, 1.807) is 0 Å². The number of rotatable bonds is 6. The van der Waals surface area contributed by atoms with Gasteiger partial charge in [-0.25, -0.2) is 0 Å². The van der Waals surface area contributed by atoms with Crippen molar-refractivity contribution in [2.45, 2.75) is 32.2 Å². The molecule has 106 valence electrons. The van der Waals surface area contributed by atoms with Crippen molar-refractivity contribution in [1.29, 1.82) is 0 Å². The van der Waals surface area contributed by atoms with Crippen molar-refractivity contribution in [1.82, 2.24) is 9.80 Å². The molecule has 0 amide bonds. The average molecular weight is 256 g/mol. The molecule has 0 aromatic carbocycles. The Morgan fingerprint density at radius 3 is 2.50 bits per heavy atom. The summed E-state index contributed by atoms with van der Waals surface area (Å²) in [7, 11) is 0. The summed E-state index contributed by atoms with van der Waals surface area (Å²) in [6, 6.07) is 0.854. The van der Waals surface area contributed by atoms with Gasteiger partial charge in [0.05, 0.1) is 19.8 Å². The fourth-order valence-corrected chi connectivity index (χ4v) is 3.22. The molecule has 0 aromatic rings. The van der Waals surface area contributed by atoms with Gasteiger partial charge in [-0.2, -0.15) is 0 Å². The molecule has 18 heavy (non-hydrogen) atoms. The number of aliphatic hydroxyl groups excluding tert-OH is 1. The standard InChI is InChI=1S/C14H28N2O2/c1-13-2-3-14(12-13)16-6-4-15(5-7-16)8-10-18-11-9-17/h13-14,17H,2-12H2,1H3/t13-,14+/m0/s1. The molecule has 4 nitrogen and oxygen atoms in total. The molecule has 0 spiro atoms. The van der Waals surface area contributed by atoms with Crippen LogP contribution in [0.3, 0.4) is 0 Å². The van der Waals surface area contributed by atoms with Crippen molar-refractivity contribution in [2.24, 2.45) is 5.92 Å². The largest absolute Gasteiger partial charge is 0.394 e. The Morgan fingerprint density at radius 1 is 1.11 bits per heavy atom. The quantitative estimate of drug-likeness (QED) is 0.713. The van der Waals surface area contributed by atoms with Crippen molar-refractivity contribution >= 4 is 0 Å². The second-order valence-corrected chi connectivity index (χ2v) is 5.79. The van der Waals surface area contributed by atoms with Crippen LogP contribution >= 0.6 is 0 Å². The van der Waals surface area contributed by atoms with Gasteiger partial charge >= 0.3 is 0 Å². The van der Waals surface area contributed by atoms with Gasteiger partial charge in [0.2, 0.25) is 0 Å². The normalized spacial score (nSPS) is 31.0. The van der Waals surface area contributed by atoms with E-state index in [0.29, 0.717) is 6.61 Å². The van der Waals surface area contributed by atoms with Gasteiger partial charge in [-0.15, -0.1) is 0 Å². The Balaban J connectivity index is 1.59. The molecule has 2 rings (SSSR count). The summed E-state index contributed by atoms with van der Waals surface area (Å²) in [5.41, 5.74) is 0. The van der Waals surface area contributed by atoms with E-state index in [1.807, 2.05) is 0 Å². The molecule has 2 fully saturated rings. The van der Waals surface area contributed by atoms with Crippen LogP contribution in [-0.4, -0.2) is 73.5 Å². The maximum atomic E-state index is 8.64. The SMILES string of the molecule is C[C@H]1CC[C@@H](N2CCN(CCOCCO)CC2)C1. The lowest BCUT2D eigenvalue weighted by Crippen LogP contribution is -2.50. The molecular formula is C14H28N2O2. The third kappa shape index (κ3) is 4.19. The first-order chi connectivity index (χ1) is 8.79. The van der Waals surface area contributed by atoms with Crippen LogP contribution in [0.25, 0.3) is 0 Å². The fourth-order valence-electron chi connectivity index (χ4n) is 3.22. The van der Waals surface area contributed by atoms with Crippen LogP contribution in [0.15, 0.2) is 0 Å². The zero-order chi connectivity index (χ0) is 12.8. The van der Waals surface area contributed by atoms with Crippen molar-refractivity contribution < 1.29 is 9.84 Å². The fraction of sp³-hybridized carbons (Fsp3) is 1.00. The van der Waals surface area contributed by atoms with Gasteiger partial charge < -0.3 is 9.84 Å². The van der Waals surface area contributed by atoms with Gasteiger partial charge in [-0.05, 0) is 25.2 Å². The molecule has 0 bridgehead atoms. The van der Waals surface area contributed by atoms with Gasteiger partial charge in [-0.3, -0.25) is 9.80 Å². The summed E-state index contributed by atoms with van der Waals surface area (Å²) in [5, 5.41) is 8.64. The van der Waals surface area contributed by atoms with Crippen LogP contribution in [0.1, 0.15) is 26.2 Å². The molecule has 1 heterocycles. The molecule has 1 aliphatic carbocycles. The van der Waals surface area contributed by atoms with Crippen LogP contribution in [0, 0.1) is 5.92 Å². The Morgan fingerprint density at radius 2 is 1.89 bits per heavy atom. The van der Waals surface area contributed by atoms with Crippen LogP contribution in [-0.2, 0) is 4.74 Å². The number of nitrogens with zero attached hydrogens (tertiary/aromatic N) is 2. The van der Waals surface area contributed by atoms with Gasteiger partial charge in [0.25, 0.3) is 0 Å². The number of ether oxygens (including phenoxy) is 1. The first kappa shape index (κ1) is 14.3. The smallest absolute Gasteiger partial charge is 0.0698 e. The predicted octanol–water partition coefficient (Wildman–Crippen LogP) is 0.802. The first-order valence-electron chi connectivity index (χ1n) is 7.44. The summed E-state index contributed by atoms with van der Waals surface area (Å²) in [6.45, 7) is 9.54. The van der Waals surface area contributed by atoms with Gasteiger partial charge in [0.1, 0.15) is 0 Å². The summed E-state index contributed by atoms with van der Waals surface area (Å²) in [6.07, 6.45) is 4.22.